The van der Waals surface area contributed by atoms with Crippen LogP contribution in [-0.4, -0.2) is 25.6 Å². The van der Waals surface area contributed by atoms with Gasteiger partial charge < -0.3 is 5.32 Å². The Kier molecular flexibility index (Phi) is 4.81. The average Bonchev–Trinajstić information content (AvgIpc) is 2.61. The standard InChI is InChI=1S/C19H15FN2O3S/c1-26(24,25)15-8-9-16(17(20)12-15)19(23)22-14-6-4-5-13(11-14)18-7-2-3-10-21-18/h2-12H,1H3,(H,22,23). The second kappa shape index (κ2) is 7.05. The van der Waals surface area contributed by atoms with Crippen molar-refractivity contribution in [3.63, 3.8) is 0 Å². The molecule has 3 rings (SSSR count). The van der Waals surface area contributed by atoms with Crippen LogP contribution < -0.4 is 5.32 Å². The number of sulfone groups is 1. The second-order valence-corrected chi connectivity index (χ2v) is 7.68. The maximum atomic E-state index is 14.1. The Bertz CT molecular complexity index is 1070. The Morgan fingerprint density at radius 1 is 1.04 bits per heavy atom. The van der Waals surface area contributed by atoms with Crippen molar-refractivity contribution in [3.8, 4) is 11.3 Å². The van der Waals surface area contributed by atoms with Crippen LogP contribution >= 0.6 is 0 Å². The normalized spacial score (nSPS) is 11.2. The van der Waals surface area contributed by atoms with Crippen molar-refractivity contribution in [2.45, 2.75) is 4.90 Å². The van der Waals surface area contributed by atoms with Gasteiger partial charge in [0, 0.05) is 23.7 Å². The van der Waals surface area contributed by atoms with Crippen LogP contribution in [0, 0.1) is 5.82 Å². The van der Waals surface area contributed by atoms with E-state index < -0.39 is 21.6 Å². The van der Waals surface area contributed by atoms with Gasteiger partial charge >= 0.3 is 0 Å². The number of amides is 1. The van der Waals surface area contributed by atoms with Crippen LogP contribution in [0.4, 0.5) is 10.1 Å². The molecule has 0 aliphatic heterocycles. The van der Waals surface area contributed by atoms with E-state index in [0.717, 1.165) is 29.6 Å². The predicted octanol–water partition coefficient (Wildman–Crippen LogP) is 3.54. The van der Waals surface area contributed by atoms with Gasteiger partial charge in [0.05, 0.1) is 16.2 Å². The molecule has 0 aliphatic rings. The number of hydrogen-bond acceptors (Lipinski definition) is 4. The molecule has 2 aromatic carbocycles. The molecule has 26 heavy (non-hydrogen) atoms. The molecule has 0 saturated heterocycles. The summed E-state index contributed by atoms with van der Waals surface area (Å²) in [5, 5.41) is 2.61. The van der Waals surface area contributed by atoms with Gasteiger partial charge in [0.15, 0.2) is 9.84 Å². The number of aromatic nitrogens is 1. The van der Waals surface area contributed by atoms with Crippen LogP contribution in [0.25, 0.3) is 11.3 Å². The maximum absolute atomic E-state index is 14.1. The predicted molar refractivity (Wildman–Crippen MR) is 97.1 cm³/mol. The summed E-state index contributed by atoms with van der Waals surface area (Å²) in [5.74, 6) is -1.56. The fraction of sp³-hybridized carbons (Fsp3) is 0.0526. The second-order valence-electron chi connectivity index (χ2n) is 5.66. The summed E-state index contributed by atoms with van der Waals surface area (Å²) in [6.07, 6.45) is 2.64. The monoisotopic (exact) mass is 370 g/mol. The molecule has 1 amide bonds. The minimum absolute atomic E-state index is 0.177. The van der Waals surface area contributed by atoms with Crippen LogP contribution in [0.3, 0.4) is 0 Å². The number of carbonyl (C=O) groups is 1. The zero-order valence-corrected chi connectivity index (χ0v) is 14.6. The number of rotatable bonds is 4. The van der Waals surface area contributed by atoms with E-state index >= 15 is 0 Å². The maximum Gasteiger partial charge on any atom is 0.258 e. The smallest absolute Gasteiger partial charge is 0.258 e. The van der Waals surface area contributed by atoms with Crippen LogP contribution in [0.1, 0.15) is 10.4 Å². The Morgan fingerprint density at radius 3 is 2.50 bits per heavy atom. The van der Waals surface area contributed by atoms with Gasteiger partial charge in [-0.2, -0.15) is 0 Å². The fourth-order valence-corrected chi connectivity index (χ4v) is 3.03. The first-order chi connectivity index (χ1) is 12.3. The van der Waals surface area contributed by atoms with Crippen LogP contribution in [-0.2, 0) is 9.84 Å². The van der Waals surface area contributed by atoms with Crippen LogP contribution in [0.2, 0.25) is 0 Å². The molecule has 1 N–H and O–H groups in total. The quantitative estimate of drug-likeness (QED) is 0.762. The van der Waals surface area contributed by atoms with E-state index in [0.29, 0.717) is 5.69 Å². The Labute approximate surface area is 150 Å². The lowest BCUT2D eigenvalue weighted by Gasteiger charge is -2.09. The summed E-state index contributed by atoms with van der Waals surface area (Å²) in [7, 11) is -3.54. The highest BCUT2D eigenvalue weighted by Gasteiger charge is 2.16. The van der Waals surface area contributed by atoms with Gasteiger partial charge in [-0.05, 0) is 42.5 Å². The van der Waals surface area contributed by atoms with E-state index in [2.05, 4.69) is 10.3 Å². The van der Waals surface area contributed by atoms with Crippen molar-refractivity contribution < 1.29 is 17.6 Å². The minimum Gasteiger partial charge on any atom is -0.322 e. The number of nitrogens with zero attached hydrogens (tertiary/aromatic N) is 1. The highest BCUT2D eigenvalue weighted by Crippen LogP contribution is 2.22. The molecule has 1 heterocycles. The molecule has 5 nitrogen and oxygen atoms in total. The van der Waals surface area contributed by atoms with Gasteiger partial charge in [-0.25, -0.2) is 12.8 Å². The third kappa shape index (κ3) is 3.94. The summed E-state index contributed by atoms with van der Waals surface area (Å²) < 4.78 is 37.1. The van der Waals surface area contributed by atoms with E-state index in [1.807, 2.05) is 18.2 Å². The molecular formula is C19H15FN2O3S. The number of anilines is 1. The van der Waals surface area contributed by atoms with Gasteiger partial charge in [0.1, 0.15) is 5.82 Å². The van der Waals surface area contributed by atoms with E-state index in [-0.39, 0.29) is 10.5 Å². The first-order valence-electron chi connectivity index (χ1n) is 7.67. The van der Waals surface area contributed by atoms with Crippen molar-refractivity contribution in [1.82, 2.24) is 4.98 Å². The van der Waals surface area contributed by atoms with Gasteiger partial charge in [-0.3, -0.25) is 9.78 Å². The first-order valence-corrected chi connectivity index (χ1v) is 9.56. The summed E-state index contributed by atoms with van der Waals surface area (Å²) in [5.41, 5.74) is 1.79. The summed E-state index contributed by atoms with van der Waals surface area (Å²) in [6.45, 7) is 0. The number of nitrogens with one attached hydrogen (secondary N) is 1. The Morgan fingerprint density at radius 2 is 1.85 bits per heavy atom. The molecule has 0 radical (unpaired) electrons. The first kappa shape index (κ1) is 17.8. The lowest BCUT2D eigenvalue weighted by atomic mass is 10.1. The van der Waals surface area contributed by atoms with Gasteiger partial charge in [-0.15, -0.1) is 0 Å². The topological polar surface area (TPSA) is 76.1 Å². The average molecular weight is 370 g/mol. The molecule has 3 aromatic rings. The van der Waals surface area contributed by atoms with E-state index in [4.69, 9.17) is 0 Å². The SMILES string of the molecule is CS(=O)(=O)c1ccc(C(=O)Nc2cccc(-c3ccccn3)c2)c(F)c1. The molecule has 0 atom stereocenters. The Hall–Kier alpha value is -3.06. The third-order valence-electron chi connectivity index (χ3n) is 3.69. The highest BCUT2D eigenvalue weighted by molar-refractivity contribution is 7.90. The molecule has 0 fully saturated rings. The zero-order valence-electron chi connectivity index (χ0n) is 13.8. The van der Waals surface area contributed by atoms with Crippen molar-refractivity contribution in [1.29, 1.82) is 0 Å². The number of halogens is 1. The van der Waals surface area contributed by atoms with Gasteiger partial charge in [-0.1, -0.05) is 18.2 Å². The Balaban J connectivity index is 1.85. The van der Waals surface area contributed by atoms with Gasteiger partial charge in [0.25, 0.3) is 5.91 Å². The largest absolute Gasteiger partial charge is 0.322 e. The molecular weight excluding hydrogens is 355 g/mol. The van der Waals surface area contributed by atoms with Crippen LogP contribution in [0.15, 0.2) is 71.8 Å². The lowest BCUT2D eigenvalue weighted by Crippen LogP contribution is -2.14. The van der Waals surface area contributed by atoms with E-state index in [1.165, 1.54) is 6.07 Å². The van der Waals surface area contributed by atoms with Gasteiger partial charge in [0.2, 0.25) is 0 Å². The van der Waals surface area contributed by atoms with Crippen molar-refractivity contribution in [2.75, 3.05) is 11.6 Å². The molecule has 0 saturated carbocycles. The third-order valence-corrected chi connectivity index (χ3v) is 4.80. The molecule has 0 spiro atoms. The molecule has 1 aromatic heterocycles. The zero-order chi connectivity index (χ0) is 18.7. The van der Waals surface area contributed by atoms with Crippen molar-refractivity contribution >= 4 is 21.4 Å². The van der Waals surface area contributed by atoms with Crippen LogP contribution in [0.5, 0.6) is 0 Å². The van der Waals surface area contributed by atoms with E-state index in [1.54, 1.807) is 30.5 Å². The molecule has 0 unspecified atom stereocenters. The van der Waals surface area contributed by atoms with Crippen molar-refractivity contribution in [3.05, 3.63) is 78.2 Å². The highest BCUT2D eigenvalue weighted by atomic mass is 32.2. The summed E-state index contributed by atoms with van der Waals surface area (Å²) in [4.78, 5) is 16.4. The summed E-state index contributed by atoms with van der Waals surface area (Å²) in [6, 6.07) is 15.7. The van der Waals surface area contributed by atoms with Crippen molar-refractivity contribution in [2.24, 2.45) is 0 Å². The molecule has 132 valence electrons. The molecule has 7 heteroatoms. The summed E-state index contributed by atoms with van der Waals surface area (Å²) >= 11 is 0. The number of benzene rings is 2. The lowest BCUT2D eigenvalue weighted by molar-refractivity contribution is 0.102. The number of hydrogen-bond donors (Lipinski definition) is 1. The fourth-order valence-electron chi connectivity index (χ4n) is 2.40. The van der Waals surface area contributed by atoms with E-state index in [9.17, 15) is 17.6 Å². The number of pyridine rings is 1. The number of carbonyl (C=O) groups excluding carboxylic acids is 1. The minimum atomic E-state index is -3.54. The molecule has 0 bridgehead atoms. The molecule has 0 aliphatic carbocycles.